The molecule has 4 rings (SSSR count). The Labute approximate surface area is 177 Å². The molecule has 0 saturated carbocycles. The fourth-order valence-electron chi connectivity index (χ4n) is 2.43. The summed E-state index contributed by atoms with van der Waals surface area (Å²) >= 11 is 3.59. The molecule has 1 aromatic carbocycles. The number of hydrogen-bond acceptors (Lipinski definition) is 6. The smallest absolute Gasteiger partial charge is 0.257 e. The van der Waals surface area contributed by atoms with Crippen molar-refractivity contribution in [2.45, 2.75) is 21.8 Å². The van der Waals surface area contributed by atoms with Crippen LogP contribution < -0.4 is 0 Å². The first kappa shape index (κ1) is 20.9. The molecule has 0 atom stereocenters. The van der Waals surface area contributed by atoms with Crippen molar-refractivity contribution < 1.29 is 26.3 Å². The van der Waals surface area contributed by atoms with Gasteiger partial charge in [-0.3, -0.25) is 5.10 Å². The average molecular weight is 478 g/mol. The summed E-state index contributed by atoms with van der Waals surface area (Å²) < 4.78 is 78.7. The molecule has 0 fully saturated rings. The van der Waals surface area contributed by atoms with Gasteiger partial charge in [-0.15, -0.1) is 27.8 Å². The van der Waals surface area contributed by atoms with Crippen LogP contribution in [0.5, 0.6) is 0 Å². The Kier molecular flexibility index (Phi) is 5.36. The van der Waals surface area contributed by atoms with Crippen LogP contribution in [0.25, 0.3) is 22.0 Å². The van der Waals surface area contributed by atoms with Crippen molar-refractivity contribution in [2.24, 2.45) is 0 Å². The van der Waals surface area contributed by atoms with E-state index in [1.165, 1.54) is 16.7 Å². The summed E-state index contributed by atoms with van der Waals surface area (Å²) in [4.78, 5) is 9.32. The summed E-state index contributed by atoms with van der Waals surface area (Å²) in [5.41, 5.74) is -3.03. The number of rotatable bonds is 4. The standard InChI is InChI=1S/C17H8F6N4S3/c18-16(19,20)9-4-8(5-10(6-9)17(21,22)23)11-7-29-15(24-11)30-14-25-13(26-27-14)12-2-1-3-28-12/h1-7H,(H,25,26,27). The third-order valence-corrected chi connectivity index (χ3v) is 6.44. The number of nitrogens with one attached hydrogen (secondary N) is 1. The Bertz CT molecular complexity index is 1130. The maximum atomic E-state index is 13.1. The predicted molar refractivity (Wildman–Crippen MR) is 101 cm³/mol. The molecule has 0 saturated heterocycles. The number of halogens is 6. The van der Waals surface area contributed by atoms with E-state index >= 15 is 0 Å². The van der Waals surface area contributed by atoms with Crippen LogP contribution in [0, 0.1) is 0 Å². The third-order valence-electron chi connectivity index (χ3n) is 3.76. The van der Waals surface area contributed by atoms with Crippen LogP contribution in [-0.4, -0.2) is 20.2 Å². The van der Waals surface area contributed by atoms with E-state index in [4.69, 9.17) is 0 Å². The molecule has 4 aromatic rings. The molecule has 1 N–H and O–H groups in total. The van der Waals surface area contributed by atoms with Crippen molar-refractivity contribution in [3.63, 3.8) is 0 Å². The Balaban J connectivity index is 1.62. The van der Waals surface area contributed by atoms with Crippen LogP contribution in [0.4, 0.5) is 26.3 Å². The fourth-order valence-corrected chi connectivity index (χ4v) is 4.74. The van der Waals surface area contributed by atoms with E-state index in [0.717, 1.165) is 28.0 Å². The molecule has 3 aromatic heterocycles. The van der Waals surface area contributed by atoms with Crippen LogP contribution in [-0.2, 0) is 12.4 Å². The molecule has 30 heavy (non-hydrogen) atoms. The molecule has 4 nitrogen and oxygen atoms in total. The number of hydrogen-bond donors (Lipinski definition) is 1. The minimum Gasteiger partial charge on any atom is -0.257 e. The molecule has 0 amide bonds. The van der Waals surface area contributed by atoms with Crippen molar-refractivity contribution in [3.8, 4) is 22.0 Å². The summed E-state index contributed by atoms with van der Waals surface area (Å²) in [6.07, 6.45) is -9.83. The largest absolute Gasteiger partial charge is 0.416 e. The normalized spacial score (nSPS) is 12.5. The lowest BCUT2D eigenvalue weighted by Crippen LogP contribution is -2.11. The quantitative estimate of drug-likeness (QED) is 0.326. The highest BCUT2D eigenvalue weighted by atomic mass is 32.2. The molecule has 0 aliphatic rings. The van der Waals surface area contributed by atoms with E-state index in [1.54, 1.807) is 0 Å². The zero-order chi connectivity index (χ0) is 21.5. The number of nitrogens with zero attached hydrogens (tertiary/aromatic N) is 3. The van der Waals surface area contributed by atoms with E-state index in [2.05, 4.69) is 20.2 Å². The second-order valence-corrected chi connectivity index (χ2v) is 8.86. The van der Waals surface area contributed by atoms with E-state index in [0.29, 0.717) is 27.5 Å². The Morgan fingerprint density at radius 2 is 1.60 bits per heavy atom. The number of thiazole rings is 1. The zero-order valence-electron chi connectivity index (χ0n) is 14.4. The van der Waals surface area contributed by atoms with Crippen LogP contribution in [0.15, 0.2) is 50.6 Å². The number of H-pyrrole nitrogens is 1. The van der Waals surface area contributed by atoms with Crippen molar-refractivity contribution >= 4 is 34.4 Å². The van der Waals surface area contributed by atoms with E-state index < -0.39 is 23.5 Å². The molecular weight excluding hydrogens is 470 g/mol. The molecule has 0 unspecified atom stereocenters. The highest BCUT2D eigenvalue weighted by Gasteiger charge is 2.37. The molecule has 0 spiro atoms. The van der Waals surface area contributed by atoms with Crippen LogP contribution in [0.1, 0.15) is 11.1 Å². The van der Waals surface area contributed by atoms with Gasteiger partial charge in [-0.2, -0.15) is 26.3 Å². The van der Waals surface area contributed by atoms with Gasteiger partial charge >= 0.3 is 12.4 Å². The summed E-state index contributed by atoms with van der Waals surface area (Å²) in [5, 5.41) is 10.4. The van der Waals surface area contributed by atoms with Gasteiger partial charge < -0.3 is 0 Å². The first-order valence-corrected chi connectivity index (χ1v) is 10.6. The Morgan fingerprint density at radius 1 is 0.900 bits per heavy atom. The van der Waals surface area contributed by atoms with Gasteiger partial charge in [0, 0.05) is 10.9 Å². The maximum Gasteiger partial charge on any atom is 0.416 e. The summed E-state index contributed by atoms with van der Waals surface area (Å²) in [5.74, 6) is 0.553. The first-order valence-electron chi connectivity index (χ1n) is 7.99. The SMILES string of the molecule is FC(F)(F)c1cc(-c2csc(Sc3n[nH]c(-c4cccs4)n3)n2)cc(C(F)(F)F)c1. The Morgan fingerprint density at radius 3 is 2.20 bits per heavy atom. The molecular formula is C17H8F6N4S3. The molecule has 13 heteroatoms. The topological polar surface area (TPSA) is 54.5 Å². The number of thiophene rings is 1. The van der Waals surface area contributed by atoms with Crippen molar-refractivity contribution in [3.05, 3.63) is 52.2 Å². The van der Waals surface area contributed by atoms with Gasteiger partial charge in [-0.25, -0.2) is 9.97 Å². The van der Waals surface area contributed by atoms with Gasteiger partial charge in [0.2, 0.25) is 5.16 Å². The van der Waals surface area contributed by atoms with Crippen LogP contribution in [0.2, 0.25) is 0 Å². The highest BCUT2D eigenvalue weighted by Crippen LogP contribution is 2.40. The Hall–Kier alpha value is -2.38. The highest BCUT2D eigenvalue weighted by molar-refractivity contribution is 8.00. The zero-order valence-corrected chi connectivity index (χ0v) is 16.8. The molecule has 3 heterocycles. The van der Waals surface area contributed by atoms with Crippen molar-refractivity contribution in [1.29, 1.82) is 0 Å². The lowest BCUT2D eigenvalue weighted by molar-refractivity contribution is -0.143. The summed E-state index contributed by atoms with van der Waals surface area (Å²) in [7, 11) is 0. The van der Waals surface area contributed by atoms with Gasteiger partial charge in [-0.1, -0.05) is 6.07 Å². The lowest BCUT2D eigenvalue weighted by atomic mass is 10.0. The molecule has 0 aliphatic heterocycles. The fraction of sp³-hybridized carbons (Fsp3) is 0.118. The molecule has 0 bridgehead atoms. The molecule has 0 aliphatic carbocycles. The van der Waals surface area contributed by atoms with E-state index in [-0.39, 0.29) is 17.3 Å². The van der Waals surface area contributed by atoms with E-state index in [1.807, 2.05) is 17.5 Å². The van der Waals surface area contributed by atoms with Gasteiger partial charge in [-0.05, 0) is 41.4 Å². The predicted octanol–water partition coefficient (Wildman–Crippen LogP) is 6.85. The molecule has 156 valence electrons. The number of benzene rings is 1. The van der Waals surface area contributed by atoms with Gasteiger partial charge in [0.1, 0.15) is 0 Å². The lowest BCUT2D eigenvalue weighted by Gasteiger charge is -2.13. The minimum atomic E-state index is -4.92. The number of alkyl halides is 6. The van der Waals surface area contributed by atoms with Crippen LogP contribution >= 0.6 is 34.4 Å². The summed E-state index contributed by atoms with van der Waals surface area (Å²) in [6.45, 7) is 0. The molecule has 0 radical (unpaired) electrons. The third kappa shape index (κ3) is 4.52. The van der Waals surface area contributed by atoms with Gasteiger partial charge in [0.15, 0.2) is 10.2 Å². The average Bonchev–Trinajstić information content (AvgIpc) is 3.42. The monoisotopic (exact) mass is 478 g/mol. The van der Waals surface area contributed by atoms with Gasteiger partial charge in [0.05, 0.1) is 21.7 Å². The maximum absolute atomic E-state index is 13.1. The van der Waals surface area contributed by atoms with Gasteiger partial charge in [0.25, 0.3) is 0 Å². The van der Waals surface area contributed by atoms with Crippen LogP contribution in [0.3, 0.4) is 0 Å². The second-order valence-electron chi connectivity index (χ2n) is 5.84. The van der Waals surface area contributed by atoms with Crippen molar-refractivity contribution in [2.75, 3.05) is 0 Å². The first-order chi connectivity index (χ1) is 14.1. The summed E-state index contributed by atoms with van der Waals surface area (Å²) in [6, 6.07) is 5.10. The number of aromatic amines is 1. The number of aromatic nitrogens is 4. The van der Waals surface area contributed by atoms with Crippen molar-refractivity contribution in [1.82, 2.24) is 20.2 Å². The minimum absolute atomic E-state index is 0.00751. The van der Waals surface area contributed by atoms with E-state index in [9.17, 15) is 26.3 Å². The second kappa shape index (κ2) is 7.71.